The zero-order valence-electron chi connectivity index (χ0n) is 9.99. The van der Waals surface area contributed by atoms with E-state index in [1.807, 2.05) is 18.2 Å². The van der Waals surface area contributed by atoms with Crippen LogP contribution in [0.1, 0.15) is 29.3 Å². The molecule has 4 heteroatoms. The minimum atomic E-state index is -0.211. The highest BCUT2D eigenvalue weighted by Gasteiger charge is 2.13. The van der Waals surface area contributed by atoms with Crippen LogP contribution in [0.2, 0.25) is 0 Å². The molecule has 0 unspecified atom stereocenters. The van der Waals surface area contributed by atoms with Gasteiger partial charge in [0.1, 0.15) is 0 Å². The third-order valence-electron chi connectivity index (χ3n) is 2.96. The normalized spacial score (nSPS) is 15.6. The Balaban J connectivity index is 2.13. The number of aliphatic hydroxyl groups is 1. The Kier molecular flexibility index (Phi) is 3.64. The number of anilines is 1. The Morgan fingerprint density at radius 3 is 3.18 bits per heavy atom. The number of amides is 1. The maximum atomic E-state index is 11.9. The van der Waals surface area contributed by atoms with Crippen LogP contribution < -0.4 is 10.6 Å². The van der Waals surface area contributed by atoms with Crippen LogP contribution in [0.15, 0.2) is 18.2 Å². The molecule has 1 aliphatic heterocycles. The number of carbonyl (C=O) groups excluding carboxylic acids is 1. The van der Waals surface area contributed by atoms with Gasteiger partial charge < -0.3 is 15.7 Å². The van der Waals surface area contributed by atoms with Crippen molar-refractivity contribution < 1.29 is 9.90 Å². The molecule has 1 aromatic carbocycles. The number of hydrogen-bond acceptors (Lipinski definition) is 3. The van der Waals surface area contributed by atoms with Gasteiger partial charge in [-0.15, -0.1) is 0 Å². The van der Waals surface area contributed by atoms with Crippen LogP contribution in [0.4, 0.5) is 5.69 Å². The summed E-state index contributed by atoms with van der Waals surface area (Å²) < 4.78 is 0. The number of rotatable bonds is 3. The number of aliphatic hydroxyl groups excluding tert-OH is 1. The third kappa shape index (κ3) is 2.77. The first-order valence-electron chi connectivity index (χ1n) is 5.99. The van der Waals surface area contributed by atoms with Crippen LogP contribution >= 0.6 is 0 Å². The molecule has 0 saturated heterocycles. The number of fused-ring (bicyclic) bond motifs is 1. The number of carbonyl (C=O) groups is 1. The molecule has 0 saturated carbocycles. The van der Waals surface area contributed by atoms with E-state index in [1.54, 1.807) is 6.92 Å². The Bertz CT molecular complexity index is 418. The summed E-state index contributed by atoms with van der Waals surface area (Å²) in [5.41, 5.74) is 2.98. The van der Waals surface area contributed by atoms with Crippen molar-refractivity contribution >= 4 is 11.6 Å². The largest absolute Gasteiger partial charge is 0.394 e. The fourth-order valence-electron chi connectivity index (χ4n) is 1.97. The summed E-state index contributed by atoms with van der Waals surface area (Å²) in [6.45, 7) is 2.73. The molecule has 1 aliphatic rings. The van der Waals surface area contributed by atoms with Crippen LogP contribution in [0.3, 0.4) is 0 Å². The highest BCUT2D eigenvalue weighted by atomic mass is 16.3. The lowest BCUT2D eigenvalue weighted by Crippen LogP contribution is -2.35. The first-order valence-corrected chi connectivity index (χ1v) is 5.99. The van der Waals surface area contributed by atoms with Crippen LogP contribution in [-0.2, 0) is 6.42 Å². The Morgan fingerprint density at radius 2 is 2.41 bits per heavy atom. The summed E-state index contributed by atoms with van der Waals surface area (Å²) >= 11 is 0. The monoisotopic (exact) mass is 234 g/mol. The summed E-state index contributed by atoms with van der Waals surface area (Å²) in [6, 6.07) is 5.49. The second kappa shape index (κ2) is 5.19. The summed E-state index contributed by atoms with van der Waals surface area (Å²) in [6.07, 6.45) is 2.12. The minimum Gasteiger partial charge on any atom is -0.394 e. The van der Waals surface area contributed by atoms with Crippen molar-refractivity contribution in [3.8, 4) is 0 Å². The topological polar surface area (TPSA) is 61.4 Å². The van der Waals surface area contributed by atoms with Gasteiger partial charge in [0.2, 0.25) is 0 Å². The molecule has 0 bridgehead atoms. The molecule has 92 valence electrons. The van der Waals surface area contributed by atoms with E-state index in [0.29, 0.717) is 5.56 Å². The molecule has 1 amide bonds. The summed E-state index contributed by atoms with van der Waals surface area (Å²) in [4.78, 5) is 11.9. The van der Waals surface area contributed by atoms with Gasteiger partial charge in [0.15, 0.2) is 0 Å². The summed E-state index contributed by atoms with van der Waals surface area (Å²) in [5.74, 6) is -0.125. The molecular formula is C13H18N2O2. The second-order valence-corrected chi connectivity index (χ2v) is 4.46. The molecule has 1 atom stereocenters. The molecule has 0 fully saturated rings. The number of benzene rings is 1. The van der Waals surface area contributed by atoms with Crippen molar-refractivity contribution in [1.29, 1.82) is 0 Å². The average molecular weight is 234 g/mol. The van der Waals surface area contributed by atoms with Crippen LogP contribution in [0.5, 0.6) is 0 Å². The van der Waals surface area contributed by atoms with Crippen molar-refractivity contribution in [2.45, 2.75) is 25.8 Å². The Labute approximate surface area is 101 Å². The zero-order valence-corrected chi connectivity index (χ0v) is 9.99. The van der Waals surface area contributed by atoms with E-state index in [9.17, 15) is 4.79 Å². The van der Waals surface area contributed by atoms with Crippen molar-refractivity contribution in [2.75, 3.05) is 18.5 Å². The lowest BCUT2D eigenvalue weighted by molar-refractivity contribution is 0.0922. The maximum absolute atomic E-state index is 11.9. The maximum Gasteiger partial charge on any atom is 0.251 e. The van der Waals surface area contributed by atoms with Gasteiger partial charge in [-0.25, -0.2) is 0 Å². The van der Waals surface area contributed by atoms with E-state index in [2.05, 4.69) is 10.6 Å². The first-order chi connectivity index (χ1) is 8.20. The van der Waals surface area contributed by atoms with Gasteiger partial charge in [0, 0.05) is 23.8 Å². The zero-order chi connectivity index (χ0) is 12.3. The summed E-state index contributed by atoms with van der Waals surface area (Å²) in [7, 11) is 0. The van der Waals surface area contributed by atoms with E-state index in [-0.39, 0.29) is 18.6 Å². The molecule has 2 rings (SSSR count). The van der Waals surface area contributed by atoms with Gasteiger partial charge in [0.25, 0.3) is 5.91 Å². The first kappa shape index (κ1) is 11.9. The Hall–Kier alpha value is -1.55. The molecular weight excluding hydrogens is 216 g/mol. The van der Waals surface area contributed by atoms with E-state index in [4.69, 9.17) is 5.11 Å². The third-order valence-corrected chi connectivity index (χ3v) is 2.96. The van der Waals surface area contributed by atoms with E-state index in [1.165, 1.54) is 5.56 Å². The van der Waals surface area contributed by atoms with Gasteiger partial charge in [-0.1, -0.05) is 0 Å². The van der Waals surface area contributed by atoms with Gasteiger partial charge in [-0.05, 0) is 43.5 Å². The average Bonchev–Trinajstić information content (AvgIpc) is 2.38. The molecule has 0 aliphatic carbocycles. The standard InChI is InChI=1S/C13H18N2O2/c1-9(8-16)15-13(17)11-4-5-12-10(7-11)3-2-6-14-12/h4-5,7,9,14,16H,2-3,6,8H2,1H3,(H,15,17)/t9-/m1/s1. The van der Waals surface area contributed by atoms with Crippen LogP contribution in [-0.4, -0.2) is 30.2 Å². The SMILES string of the molecule is C[C@H](CO)NC(=O)c1ccc2c(c1)CCCN2. The van der Waals surface area contributed by atoms with Gasteiger partial charge in [-0.2, -0.15) is 0 Å². The fourth-order valence-corrected chi connectivity index (χ4v) is 1.97. The highest BCUT2D eigenvalue weighted by molar-refractivity contribution is 5.95. The van der Waals surface area contributed by atoms with Crippen LogP contribution in [0.25, 0.3) is 0 Å². The Morgan fingerprint density at radius 1 is 1.59 bits per heavy atom. The second-order valence-electron chi connectivity index (χ2n) is 4.46. The van der Waals surface area contributed by atoms with Crippen molar-refractivity contribution in [1.82, 2.24) is 5.32 Å². The predicted molar refractivity (Wildman–Crippen MR) is 67.3 cm³/mol. The quantitative estimate of drug-likeness (QED) is 0.735. The molecule has 0 aromatic heterocycles. The molecule has 4 nitrogen and oxygen atoms in total. The molecule has 0 spiro atoms. The van der Waals surface area contributed by atoms with Gasteiger partial charge >= 0.3 is 0 Å². The smallest absolute Gasteiger partial charge is 0.251 e. The van der Waals surface area contributed by atoms with E-state index < -0.39 is 0 Å². The van der Waals surface area contributed by atoms with Crippen LogP contribution in [0, 0.1) is 0 Å². The minimum absolute atomic E-state index is 0.0434. The highest BCUT2D eigenvalue weighted by Crippen LogP contribution is 2.22. The van der Waals surface area contributed by atoms with Gasteiger partial charge in [-0.3, -0.25) is 4.79 Å². The lowest BCUT2D eigenvalue weighted by atomic mass is 10.0. The van der Waals surface area contributed by atoms with E-state index in [0.717, 1.165) is 25.1 Å². The van der Waals surface area contributed by atoms with Crippen molar-refractivity contribution in [3.63, 3.8) is 0 Å². The number of aryl methyl sites for hydroxylation is 1. The molecule has 0 radical (unpaired) electrons. The van der Waals surface area contributed by atoms with Gasteiger partial charge in [0.05, 0.1) is 6.61 Å². The summed E-state index contributed by atoms with van der Waals surface area (Å²) in [5, 5.41) is 15.0. The number of hydrogen-bond donors (Lipinski definition) is 3. The van der Waals surface area contributed by atoms with Crippen molar-refractivity contribution in [2.24, 2.45) is 0 Å². The van der Waals surface area contributed by atoms with Crippen molar-refractivity contribution in [3.05, 3.63) is 29.3 Å². The predicted octanol–water partition coefficient (Wildman–Crippen LogP) is 1.16. The molecule has 1 aromatic rings. The molecule has 1 heterocycles. The fraction of sp³-hybridized carbons (Fsp3) is 0.462. The number of nitrogens with one attached hydrogen (secondary N) is 2. The van der Waals surface area contributed by atoms with E-state index >= 15 is 0 Å². The molecule has 17 heavy (non-hydrogen) atoms. The molecule has 3 N–H and O–H groups in total. The lowest BCUT2D eigenvalue weighted by Gasteiger charge is -2.19.